The fourth-order valence-corrected chi connectivity index (χ4v) is 2.75. The molecule has 2 aromatic carbocycles. The van der Waals surface area contributed by atoms with Gasteiger partial charge in [0.15, 0.2) is 0 Å². The molecule has 1 N–H and O–H groups in total. The van der Waals surface area contributed by atoms with Crippen LogP contribution in [0.4, 0.5) is 5.69 Å². The third kappa shape index (κ3) is 3.43. The van der Waals surface area contributed by atoms with Crippen LogP contribution >= 0.6 is 0 Å². The molecule has 0 aliphatic heterocycles. The number of aryl methyl sites for hydroxylation is 1. The smallest absolute Gasteiger partial charge is 0.142 e. The van der Waals surface area contributed by atoms with Gasteiger partial charge in [0.2, 0.25) is 0 Å². The predicted octanol–water partition coefficient (Wildman–Crippen LogP) is 4.21. The average Bonchev–Trinajstić information content (AvgIpc) is 3.05. The zero-order valence-electron chi connectivity index (χ0n) is 15.0. The lowest BCUT2D eigenvalue weighted by Crippen LogP contribution is -2.21. The molecule has 0 amide bonds. The van der Waals surface area contributed by atoms with Gasteiger partial charge in [0, 0.05) is 30.7 Å². The lowest BCUT2D eigenvalue weighted by molar-refractivity contribution is 0.416. The summed E-state index contributed by atoms with van der Waals surface area (Å²) in [4.78, 5) is 0. The minimum absolute atomic E-state index is 0.464. The number of nitrogens with one attached hydrogen (secondary N) is 1. The first-order valence-corrected chi connectivity index (χ1v) is 8.18. The van der Waals surface area contributed by atoms with Gasteiger partial charge in [-0.3, -0.25) is 4.68 Å². The molecule has 0 saturated carbocycles. The number of aromatic nitrogens is 2. The fraction of sp³-hybridized carbons (Fsp3) is 0.300. The molecule has 3 rings (SSSR count). The maximum absolute atomic E-state index is 9.28. The highest BCUT2D eigenvalue weighted by atomic mass is 16.5. The van der Waals surface area contributed by atoms with Gasteiger partial charge >= 0.3 is 0 Å². The van der Waals surface area contributed by atoms with E-state index in [4.69, 9.17) is 4.74 Å². The Morgan fingerprint density at radius 3 is 2.64 bits per heavy atom. The molecule has 0 radical (unpaired) electrons. The van der Waals surface area contributed by atoms with Crippen LogP contribution in [0.1, 0.15) is 13.8 Å². The second kappa shape index (κ2) is 6.48. The third-order valence-corrected chi connectivity index (χ3v) is 4.25. The van der Waals surface area contributed by atoms with Crippen molar-refractivity contribution in [1.29, 1.82) is 5.26 Å². The van der Waals surface area contributed by atoms with Gasteiger partial charge in [-0.1, -0.05) is 18.2 Å². The average molecular weight is 334 g/mol. The molecule has 0 bridgehead atoms. The molecule has 1 aromatic heterocycles. The number of fused-ring (bicyclic) bond motifs is 1. The highest BCUT2D eigenvalue weighted by Crippen LogP contribution is 2.36. The van der Waals surface area contributed by atoms with Crippen molar-refractivity contribution in [1.82, 2.24) is 9.78 Å². The van der Waals surface area contributed by atoms with Crippen molar-refractivity contribution in [2.24, 2.45) is 12.5 Å². The summed E-state index contributed by atoms with van der Waals surface area (Å²) in [6.45, 7) is 4.37. The van der Waals surface area contributed by atoms with E-state index in [-0.39, 0.29) is 0 Å². The molecule has 128 valence electrons. The predicted molar refractivity (Wildman–Crippen MR) is 101 cm³/mol. The number of rotatable bonds is 5. The molecular weight excluding hydrogens is 312 g/mol. The summed E-state index contributed by atoms with van der Waals surface area (Å²) in [5.41, 5.74) is 2.61. The zero-order valence-corrected chi connectivity index (χ0v) is 15.0. The first-order valence-electron chi connectivity index (χ1n) is 8.18. The van der Waals surface area contributed by atoms with Crippen LogP contribution in [0.2, 0.25) is 0 Å². The number of hydrogen-bond donors (Lipinski definition) is 1. The maximum atomic E-state index is 9.28. The molecule has 3 aromatic rings. The lowest BCUT2D eigenvalue weighted by Gasteiger charge is -2.20. The van der Waals surface area contributed by atoms with E-state index in [0.29, 0.717) is 6.54 Å². The van der Waals surface area contributed by atoms with Gasteiger partial charge in [-0.2, -0.15) is 10.4 Å². The van der Waals surface area contributed by atoms with E-state index >= 15 is 0 Å². The lowest BCUT2D eigenvalue weighted by atomic mass is 9.95. The van der Waals surface area contributed by atoms with Crippen LogP contribution in [0.15, 0.2) is 42.7 Å². The Hall–Kier alpha value is -3.00. The number of benzene rings is 2. The molecule has 5 nitrogen and oxygen atoms in total. The van der Waals surface area contributed by atoms with Gasteiger partial charge in [-0.05, 0) is 36.9 Å². The normalized spacial score (nSPS) is 11.3. The van der Waals surface area contributed by atoms with Gasteiger partial charge in [0.25, 0.3) is 0 Å². The molecule has 1 heterocycles. The van der Waals surface area contributed by atoms with E-state index in [1.165, 1.54) is 0 Å². The second-order valence-electron chi connectivity index (χ2n) is 6.83. The van der Waals surface area contributed by atoms with Crippen LogP contribution < -0.4 is 10.1 Å². The Morgan fingerprint density at radius 2 is 2.00 bits per heavy atom. The Morgan fingerprint density at radius 1 is 1.24 bits per heavy atom. The molecule has 0 spiro atoms. The van der Waals surface area contributed by atoms with E-state index in [9.17, 15) is 5.26 Å². The Balaban J connectivity index is 2.10. The topological polar surface area (TPSA) is 62.9 Å². The molecule has 25 heavy (non-hydrogen) atoms. The number of ether oxygens (including phenoxy) is 1. The minimum atomic E-state index is -0.464. The van der Waals surface area contributed by atoms with Crippen LogP contribution in [-0.2, 0) is 7.05 Å². The van der Waals surface area contributed by atoms with Crippen LogP contribution in [0, 0.1) is 16.7 Å². The van der Waals surface area contributed by atoms with Crippen molar-refractivity contribution >= 4 is 16.5 Å². The van der Waals surface area contributed by atoms with Crippen molar-refractivity contribution in [3.05, 3.63) is 42.7 Å². The molecule has 0 aliphatic rings. The van der Waals surface area contributed by atoms with Crippen molar-refractivity contribution < 1.29 is 4.74 Å². The van der Waals surface area contributed by atoms with Gasteiger partial charge in [0.1, 0.15) is 5.75 Å². The van der Waals surface area contributed by atoms with Crippen LogP contribution in [0.3, 0.4) is 0 Å². The molecule has 0 unspecified atom stereocenters. The number of nitrogens with zero attached hydrogens (tertiary/aromatic N) is 3. The molecule has 0 saturated heterocycles. The number of nitriles is 1. The first-order chi connectivity index (χ1) is 11.9. The van der Waals surface area contributed by atoms with Crippen molar-refractivity contribution in [3.63, 3.8) is 0 Å². The molecule has 0 fully saturated rings. The van der Waals surface area contributed by atoms with Gasteiger partial charge in [-0.25, -0.2) is 0 Å². The van der Waals surface area contributed by atoms with Gasteiger partial charge in [0.05, 0.1) is 30.5 Å². The highest BCUT2D eigenvalue weighted by Gasteiger charge is 2.18. The Labute approximate surface area is 147 Å². The summed E-state index contributed by atoms with van der Waals surface area (Å²) in [6.07, 6.45) is 3.85. The summed E-state index contributed by atoms with van der Waals surface area (Å²) >= 11 is 0. The van der Waals surface area contributed by atoms with Crippen molar-refractivity contribution in [2.45, 2.75) is 13.8 Å². The zero-order chi connectivity index (χ0) is 18.0. The molecular formula is C20H22N4O. The fourth-order valence-electron chi connectivity index (χ4n) is 2.75. The summed E-state index contributed by atoms with van der Waals surface area (Å²) in [7, 11) is 3.57. The molecule has 5 heteroatoms. The maximum Gasteiger partial charge on any atom is 0.142 e. The number of anilines is 1. The van der Waals surface area contributed by atoms with Crippen LogP contribution in [0.5, 0.6) is 5.75 Å². The second-order valence-corrected chi connectivity index (χ2v) is 6.83. The van der Waals surface area contributed by atoms with Gasteiger partial charge < -0.3 is 10.1 Å². The number of hydrogen-bond acceptors (Lipinski definition) is 4. The third-order valence-electron chi connectivity index (χ3n) is 4.25. The quantitative estimate of drug-likeness (QED) is 0.759. The number of methoxy groups -OCH3 is 1. The standard InChI is InChI=1S/C20H22N4O/c1-20(2,12-21)13-22-19-17-9-15(16-10-23-24(3)11-16)6-5-14(17)7-8-18(19)25-4/h5-11,22H,13H2,1-4H3. The summed E-state index contributed by atoms with van der Waals surface area (Å²) in [6, 6.07) is 12.6. The largest absolute Gasteiger partial charge is 0.495 e. The van der Waals surface area contributed by atoms with Gasteiger partial charge in [-0.15, -0.1) is 0 Å². The van der Waals surface area contributed by atoms with E-state index in [0.717, 1.165) is 33.3 Å². The van der Waals surface area contributed by atoms with E-state index < -0.39 is 5.41 Å². The summed E-state index contributed by atoms with van der Waals surface area (Å²) < 4.78 is 7.33. The van der Waals surface area contributed by atoms with Crippen LogP contribution in [0.25, 0.3) is 21.9 Å². The van der Waals surface area contributed by atoms with E-state index in [1.807, 2.05) is 45.4 Å². The van der Waals surface area contributed by atoms with Crippen molar-refractivity contribution in [3.8, 4) is 22.9 Å². The van der Waals surface area contributed by atoms with Crippen LogP contribution in [-0.4, -0.2) is 23.4 Å². The van der Waals surface area contributed by atoms with E-state index in [1.54, 1.807) is 11.8 Å². The summed E-state index contributed by atoms with van der Waals surface area (Å²) in [5.74, 6) is 0.768. The van der Waals surface area contributed by atoms with E-state index in [2.05, 4.69) is 34.7 Å². The highest BCUT2D eigenvalue weighted by molar-refractivity contribution is 5.99. The molecule has 0 atom stereocenters. The first kappa shape index (κ1) is 16.8. The Kier molecular flexibility index (Phi) is 4.37. The SMILES string of the molecule is COc1ccc2ccc(-c3cnn(C)c3)cc2c1NCC(C)(C)C#N. The minimum Gasteiger partial charge on any atom is -0.495 e. The molecule has 0 aliphatic carbocycles. The monoisotopic (exact) mass is 334 g/mol. The Bertz CT molecular complexity index is 950. The summed E-state index contributed by atoms with van der Waals surface area (Å²) in [5, 5.41) is 19.1. The van der Waals surface area contributed by atoms with Crippen molar-refractivity contribution in [2.75, 3.05) is 19.0 Å².